The van der Waals surface area contributed by atoms with E-state index in [1.54, 1.807) is 13.0 Å². The zero-order valence-electron chi connectivity index (χ0n) is 16.2. The minimum absolute atomic E-state index is 0.362. The summed E-state index contributed by atoms with van der Waals surface area (Å²) in [5.41, 5.74) is 3.51. The van der Waals surface area contributed by atoms with Crippen molar-refractivity contribution in [2.75, 3.05) is 11.9 Å². The second kappa shape index (κ2) is 7.72. The van der Waals surface area contributed by atoms with Gasteiger partial charge < -0.3 is 10.1 Å². The zero-order valence-corrected chi connectivity index (χ0v) is 16.2. The molecule has 0 bridgehead atoms. The van der Waals surface area contributed by atoms with E-state index in [0.717, 1.165) is 27.2 Å². The summed E-state index contributed by atoms with van der Waals surface area (Å²) >= 11 is 0. The lowest BCUT2D eigenvalue weighted by molar-refractivity contribution is -0.119. The topological polar surface area (TPSA) is 68.3 Å². The van der Waals surface area contributed by atoms with Gasteiger partial charge in [0.25, 0.3) is 5.91 Å². The van der Waals surface area contributed by atoms with Crippen molar-refractivity contribution in [3.05, 3.63) is 83.6 Å². The Morgan fingerprint density at radius 3 is 2.59 bits per heavy atom. The van der Waals surface area contributed by atoms with E-state index in [-0.39, 0.29) is 6.61 Å². The molecule has 0 unspecified atom stereocenters. The average molecular weight is 384 g/mol. The van der Waals surface area contributed by atoms with Crippen molar-refractivity contribution in [2.24, 2.45) is 0 Å². The molecule has 0 fully saturated rings. The van der Waals surface area contributed by atoms with Gasteiger partial charge in [0.2, 0.25) is 0 Å². The predicted molar refractivity (Wildman–Crippen MR) is 114 cm³/mol. The van der Waals surface area contributed by atoms with Crippen LogP contribution in [0.15, 0.2) is 66.7 Å². The molecule has 29 heavy (non-hydrogen) atoms. The van der Waals surface area contributed by atoms with Gasteiger partial charge in [-0.3, -0.25) is 9.78 Å². The fourth-order valence-corrected chi connectivity index (χ4v) is 3.33. The SMILES string of the molecule is Cc1ccc2nc(C)c(C(=O)OCC(=O)Nc3cccc4ccccc34)cc2c1. The Morgan fingerprint density at radius 1 is 0.931 bits per heavy atom. The number of esters is 1. The van der Waals surface area contributed by atoms with Gasteiger partial charge in [-0.15, -0.1) is 0 Å². The maximum absolute atomic E-state index is 12.5. The summed E-state index contributed by atoms with van der Waals surface area (Å²) in [6.45, 7) is 3.37. The molecule has 0 atom stereocenters. The number of carbonyl (C=O) groups excluding carboxylic acids is 2. The van der Waals surface area contributed by atoms with Crippen LogP contribution >= 0.6 is 0 Å². The highest BCUT2D eigenvalue weighted by molar-refractivity contribution is 6.03. The molecule has 1 heterocycles. The number of hydrogen-bond acceptors (Lipinski definition) is 4. The fraction of sp³-hybridized carbons (Fsp3) is 0.125. The van der Waals surface area contributed by atoms with E-state index >= 15 is 0 Å². The lowest BCUT2D eigenvalue weighted by atomic mass is 10.1. The monoisotopic (exact) mass is 384 g/mol. The largest absolute Gasteiger partial charge is 0.452 e. The number of anilines is 1. The number of fused-ring (bicyclic) bond motifs is 2. The van der Waals surface area contributed by atoms with Crippen LogP contribution in [0.3, 0.4) is 0 Å². The first-order chi connectivity index (χ1) is 14.0. The molecule has 0 radical (unpaired) electrons. The molecule has 1 aromatic heterocycles. The number of carbonyl (C=O) groups is 2. The molecular formula is C24H20N2O3. The summed E-state index contributed by atoms with van der Waals surface area (Å²) in [5.74, 6) is -0.955. The minimum atomic E-state index is -0.563. The molecular weight excluding hydrogens is 364 g/mol. The van der Waals surface area contributed by atoms with Crippen molar-refractivity contribution in [3.63, 3.8) is 0 Å². The second-order valence-electron chi connectivity index (χ2n) is 6.97. The number of amides is 1. The highest BCUT2D eigenvalue weighted by Crippen LogP contribution is 2.23. The Bertz CT molecular complexity index is 1240. The van der Waals surface area contributed by atoms with Crippen molar-refractivity contribution < 1.29 is 14.3 Å². The lowest BCUT2D eigenvalue weighted by Gasteiger charge is -2.10. The van der Waals surface area contributed by atoms with Crippen molar-refractivity contribution in [1.29, 1.82) is 0 Å². The molecule has 0 spiro atoms. The molecule has 0 saturated heterocycles. The molecule has 1 N–H and O–H groups in total. The van der Waals surface area contributed by atoms with Crippen LogP contribution in [0.2, 0.25) is 0 Å². The maximum atomic E-state index is 12.5. The van der Waals surface area contributed by atoms with Crippen molar-refractivity contribution in [1.82, 2.24) is 4.98 Å². The van der Waals surface area contributed by atoms with E-state index in [4.69, 9.17) is 4.74 Å². The summed E-state index contributed by atoms with van der Waals surface area (Å²) in [6.07, 6.45) is 0. The normalized spacial score (nSPS) is 10.8. The van der Waals surface area contributed by atoms with Crippen LogP contribution in [0, 0.1) is 13.8 Å². The Hall–Kier alpha value is -3.73. The van der Waals surface area contributed by atoms with E-state index in [1.807, 2.05) is 67.6 Å². The van der Waals surface area contributed by atoms with Crippen LogP contribution in [-0.4, -0.2) is 23.5 Å². The third kappa shape index (κ3) is 3.94. The minimum Gasteiger partial charge on any atom is -0.452 e. The van der Waals surface area contributed by atoms with Gasteiger partial charge in [0.1, 0.15) is 0 Å². The van der Waals surface area contributed by atoms with Crippen LogP contribution in [0.25, 0.3) is 21.7 Å². The first-order valence-electron chi connectivity index (χ1n) is 9.34. The number of nitrogens with zero attached hydrogens (tertiary/aromatic N) is 1. The van der Waals surface area contributed by atoms with Crippen LogP contribution in [0.1, 0.15) is 21.6 Å². The Labute approximate surface area is 168 Å². The van der Waals surface area contributed by atoms with Gasteiger partial charge >= 0.3 is 5.97 Å². The smallest absolute Gasteiger partial charge is 0.340 e. The summed E-state index contributed by atoms with van der Waals surface area (Å²) in [4.78, 5) is 29.3. The van der Waals surface area contributed by atoms with Gasteiger partial charge in [-0.05, 0) is 43.5 Å². The highest BCUT2D eigenvalue weighted by atomic mass is 16.5. The van der Waals surface area contributed by atoms with Gasteiger partial charge in [0, 0.05) is 16.5 Å². The molecule has 0 saturated carbocycles. The van der Waals surface area contributed by atoms with E-state index in [9.17, 15) is 9.59 Å². The quantitative estimate of drug-likeness (QED) is 0.513. The Morgan fingerprint density at radius 2 is 1.72 bits per heavy atom. The van der Waals surface area contributed by atoms with Gasteiger partial charge in [-0.25, -0.2) is 4.79 Å². The number of ether oxygens (including phenoxy) is 1. The molecule has 1 amide bonds. The first kappa shape index (κ1) is 18.6. The zero-order chi connectivity index (χ0) is 20.4. The average Bonchev–Trinajstić information content (AvgIpc) is 2.72. The molecule has 5 nitrogen and oxygen atoms in total. The third-order valence-corrected chi connectivity index (χ3v) is 4.78. The lowest BCUT2D eigenvalue weighted by Crippen LogP contribution is -2.21. The van der Waals surface area contributed by atoms with Crippen LogP contribution in [0.4, 0.5) is 5.69 Å². The standard InChI is InChI=1S/C24H20N2O3/c1-15-10-11-21-18(12-15)13-20(16(2)25-21)24(28)29-14-23(27)26-22-9-5-7-17-6-3-4-8-19(17)22/h3-13H,14H2,1-2H3,(H,26,27). The number of hydrogen-bond donors (Lipinski definition) is 1. The molecule has 3 aromatic carbocycles. The third-order valence-electron chi connectivity index (χ3n) is 4.78. The number of aryl methyl sites for hydroxylation is 2. The number of pyridine rings is 1. The molecule has 144 valence electrons. The van der Waals surface area contributed by atoms with E-state index in [0.29, 0.717) is 16.9 Å². The Kier molecular flexibility index (Phi) is 4.96. The van der Waals surface area contributed by atoms with Crippen molar-refractivity contribution in [3.8, 4) is 0 Å². The van der Waals surface area contributed by atoms with E-state index < -0.39 is 11.9 Å². The van der Waals surface area contributed by atoms with Crippen LogP contribution in [-0.2, 0) is 9.53 Å². The second-order valence-corrected chi connectivity index (χ2v) is 6.97. The van der Waals surface area contributed by atoms with E-state index in [1.165, 1.54) is 0 Å². The van der Waals surface area contributed by atoms with Gasteiger partial charge in [-0.1, -0.05) is 48.0 Å². The molecule has 0 aliphatic heterocycles. The van der Waals surface area contributed by atoms with Crippen molar-refractivity contribution >= 4 is 39.2 Å². The summed E-state index contributed by atoms with van der Waals surface area (Å²) in [5, 5.41) is 5.63. The molecule has 5 heteroatoms. The predicted octanol–water partition coefficient (Wildman–Crippen LogP) is 4.80. The fourth-order valence-electron chi connectivity index (χ4n) is 3.33. The van der Waals surface area contributed by atoms with Crippen molar-refractivity contribution in [2.45, 2.75) is 13.8 Å². The summed E-state index contributed by atoms with van der Waals surface area (Å²) in [6, 6.07) is 21.0. The maximum Gasteiger partial charge on any atom is 0.340 e. The highest BCUT2D eigenvalue weighted by Gasteiger charge is 2.15. The molecule has 0 aliphatic carbocycles. The van der Waals surface area contributed by atoms with Gasteiger partial charge in [-0.2, -0.15) is 0 Å². The number of benzene rings is 3. The Balaban J connectivity index is 1.47. The number of aromatic nitrogens is 1. The van der Waals surface area contributed by atoms with Crippen LogP contribution < -0.4 is 5.32 Å². The first-order valence-corrected chi connectivity index (χ1v) is 9.34. The van der Waals surface area contributed by atoms with E-state index in [2.05, 4.69) is 10.3 Å². The summed E-state index contributed by atoms with van der Waals surface area (Å²) < 4.78 is 5.24. The van der Waals surface area contributed by atoms with Crippen LogP contribution in [0.5, 0.6) is 0 Å². The van der Waals surface area contributed by atoms with Gasteiger partial charge in [0.15, 0.2) is 6.61 Å². The van der Waals surface area contributed by atoms with Gasteiger partial charge in [0.05, 0.1) is 16.8 Å². The summed E-state index contributed by atoms with van der Waals surface area (Å²) in [7, 11) is 0. The molecule has 0 aliphatic rings. The number of rotatable bonds is 4. The molecule has 4 rings (SSSR count). The molecule has 4 aromatic rings. The number of nitrogens with one attached hydrogen (secondary N) is 1.